The molecule has 1 N–H and O–H groups in total. The van der Waals surface area contributed by atoms with Gasteiger partial charge in [0.25, 0.3) is 0 Å². The minimum atomic E-state index is 0.702. The fraction of sp³-hybridized carbons (Fsp3) is 0.692. The first kappa shape index (κ1) is 14.7. The fourth-order valence-corrected chi connectivity index (χ4v) is 1.76. The molecule has 5 nitrogen and oxygen atoms in total. The van der Waals surface area contributed by atoms with E-state index in [9.17, 15) is 0 Å². The summed E-state index contributed by atoms with van der Waals surface area (Å²) in [5.74, 6) is 1.69. The second-order valence-corrected chi connectivity index (χ2v) is 4.14. The van der Waals surface area contributed by atoms with Crippen LogP contribution in [-0.4, -0.2) is 43.3 Å². The molecule has 1 heterocycles. The smallest absolute Gasteiger partial charge is 0.224 e. The zero-order valence-corrected chi connectivity index (χ0v) is 11.9. The summed E-state index contributed by atoms with van der Waals surface area (Å²) in [5.41, 5.74) is 0.987. The van der Waals surface area contributed by atoms with Gasteiger partial charge in [-0.15, -0.1) is 0 Å². The van der Waals surface area contributed by atoms with Gasteiger partial charge in [-0.25, -0.2) is 4.98 Å². The minimum Gasteiger partial charge on any atom is -0.385 e. The van der Waals surface area contributed by atoms with E-state index in [1.807, 2.05) is 13.0 Å². The Labute approximate surface area is 110 Å². The number of anilines is 2. The van der Waals surface area contributed by atoms with Crippen molar-refractivity contribution in [2.45, 2.75) is 27.2 Å². The van der Waals surface area contributed by atoms with Crippen molar-refractivity contribution in [2.24, 2.45) is 0 Å². The number of nitrogens with one attached hydrogen (secondary N) is 1. The molecule has 0 spiro atoms. The van der Waals surface area contributed by atoms with Gasteiger partial charge in [0.1, 0.15) is 5.82 Å². The molecule has 0 saturated carbocycles. The van der Waals surface area contributed by atoms with Crippen LogP contribution in [0.1, 0.15) is 26.0 Å². The standard InChI is InChI=1S/C13H24N4O/c1-5-17(6-2)12-10-11(3)15-13(16-12)14-8-7-9-18-4/h10H,5-9H2,1-4H3,(H,14,15,16). The number of methoxy groups -OCH3 is 1. The van der Waals surface area contributed by atoms with Crippen molar-refractivity contribution in [3.05, 3.63) is 11.8 Å². The summed E-state index contributed by atoms with van der Waals surface area (Å²) in [5, 5.41) is 3.23. The van der Waals surface area contributed by atoms with Crippen molar-refractivity contribution in [1.82, 2.24) is 9.97 Å². The Kier molecular flexibility index (Phi) is 6.43. The molecule has 0 bridgehead atoms. The van der Waals surface area contributed by atoms with Crippen molar-refractivity contribution in [3.8, 4) is 0 Å². The van der Waals surface area contributed by atoms with Crippen LogP contribution in [-0.2, 0) is 4.74 Å². The number of rotatable bonds is 8. The van der Waals surface area contributed by atoms with Crippen LogP contribution >= 0.6 is 0 Å². The summed E-state index contributed by atoms with van der Waals surface area (Å²) in [6.45, 7) is 9.75. The van der Waals surface area contributed by atoms with Crippen molar-refractivity contribution in [1.29, 1.82) is 0 Å². The maximum absolute atomic E-state index is 5.01. The predicted molar refractivity (Wildman–Crippen MR) is 75.3 cm³/mol. The van der Waals surface area contributed by atoms with E-state index in [-0.39, 0.29) is 0 Å². The molecule has 0 fully saturated rings. The molecule has 0 unspecified atom stereocenters. The van der Waals surface area contributed by atoms with Crippen LogP contribution in [0.25, 0.3) is 0 Å². The second kappa shape index (κ2) is 7.87. The third-order valence-corrected chi connectivity index (χ3v) is 2.74. The van der Waals surface area contributed by atoms with E-state index in [1.165, 1.54) is 0 Å². The first-order valence-corrected chi connectivity index (χ1v) is 6.54. The van der Waals surface area contributed by atoms with Gasteiger partial charge in [0.05, 0.1) is 0 Å². The highest BCUT2D eigenvalue weighted by molar-refractivity contribution is 5.44. The molecule has 1 rings (SSSR count). The van der Waals surface area contributed by atoms with E-state index in [2.05, 4.69) is 34.0 Å². The Morgan fingerprint density at radius 1 is 1.28 bits per heavy atom. The second-order valence-electron chi connectivity index (χ2n) is 4.14. The third-order valence-electron chi connectivity index (χ3n) is 2.74. The Balaban J connectivity index is 2.68. The van der Waals surface area contributed by atoms with Gasteiger partial charge >= 0.3 is 0 Å². The maximum atomic E-state index is 5.01. The molecule has 0 amide bonds. The van der Waals surface area contributed by atoms with Crippen molar-refractivity contribution in [2.75, 3.05) is 43.6 Å². The summed E-state index contributed by atoms with van der Waals surface area (Å²) < 4.78 is 5.01. The highest BCUT2D eigenvalue weighted by Crippen LogP contribution is 2.14. The van der Waals surface area contributed by atoms with Gasteiger partial charge in [-0.1, -0.05) is 0 Å². The van der Waals surface area contributed by atoms with Crippen LogP contribution in [0.4, 0.5) is 11.8 Å². The van der Waals surface area contributed by atoms with E-state index < -0.39 is 0 Å². The van der Waals surface area contributed by atoms with Crippen molar-refractivity contribution >= 4 is 11.8 Å². The predicted octanol–water partition coefficient (Wildman–Crippen LogP) is 2.08. The molecule has 0 aromatic carbocycles. The highest BCUT2D eigenvalue weighted by atomic mass is 16.5. The lowest BCUT2D eigenvalue weighted by Crippen LogP contribution is -2.23. The Bertz CT molecular complexity index is 353. The summed E-state index contributed by atoms with van der Waals surface area (Å²) in [4.78, 5) is 11.1. The molecule has 0 saturated heterocycles. The lowest BCUT2D eigenvalue weighted by molar-refractivity contribution is 0.197. The van der Waals surface area contributed by atoms with Crippen LogP contribution < -0.4 is 10.2 Å². The monoisotopic (exact) mass is 252 g/mol. The maximum Gasteiger partial charge on any atom is 0.224 e. The number of hydrogen-bond donors (Lipinski definition) is 1. The SMILES string of the molecule is CCN(CC)c1cc(C)nc(NCCCOC)n1. The highest BCUT2D eigenvalue weighted by Gasteiger charge is 2.06. The number of ether oxygens (including phenoxy) is 1. The molecule has 0 aliphatic heterocycles. The minimum absolute atomic E-state index is 0.702. The summed E-state index contributed by atoms with van der Waals surface area (Å²) in [6, 6.07) is 2.02. The Hall–Kier alpha value is -1.36. The molecule has 0 atom stereocenters. The first-order chi connectivity index (χ1) is 8.71. The molecule has 0 aliphatic rings. The largest absolute Gasteiger partial charge is 0.385 e. The van der Waals surface area contributed by atoms with Crippen LogP contribution in [0.15, 0.2) is 6.07 Å². The zero-order valence-electron chi connectivity index (χ0n) is 11.9. The average Bonchev–Trinajstić information content (AvgIpc) is 2.36. The normalized spacial score (nSPS) is 10.4. The van der Waals surface area contributed by atoms with Crippen molar-refractivity contribution < 1.29 is 4.74 Å². The van der Waals surface area contributed by atoms with Crippen LogP contribution in [0.5, 0.6) is 0 Å². The molecule has 0 aliphatic carbocycles. The Morgan fingerprint density at radius 3 is 2.61 bits per heavy atom. The molecule has 1 aromatic rings. The zero-order chi connectivity index (χ0) is 13.4. The lowest BCUT2D eigenvalue weighted by Gasteiger charge is -2.20. The fourth-order valence-electron chi connectivity index (χ4n) is 1.76. The van der Waals surface area contributed by atoms with E-state index in [0.29, 0.717) is 5.95 Å². The van der Waals surface area contributed by atoms with Gasteiger partial charge in [-0.05, 0) is 27.2 Å². The lowest BCUT2D eigenvalue weighted by atomic mass is 10.4. The van der Waals surface area contributed by atoms with E-state index in [4.69, 9.17) is 4.74 Å². The molecule has 102 valence electrons. The molecule has 0 radical (unpaired) electrons. The topological polar surface area (TPSA) is 50.3 Å². The summed E-state index contributed by atoms with van der Waals surface area (Å²) in [7, 11) is 1.71. The van der Waals surface area contributed by atoms with Crippen LogP contribution in [0, 0.1) is 6.92 Å². The van der Waals surface area contributed by atoms with Gasteiger partial charge in [-0.2, -0.15) is 4.98 Å². The molecule has 1 aromatic heterocycles. The van der Waals surface area contributed by atoms with E-state index in [1.54, 1.807) is 7.11 Å². The quantitative estimate of drug-likeness (QED) is 0.718. The molecule has 5 heteroatoms. The third kappa shape index (κ3) is 4.49. The average molecular weight is 252 g/mol. The van der Waals surface area contributed by atoms with E-state index >= 15 is 0 Å². The van der Waals surface area contributed by atoms with Crippen molar-refractivity contribution in [3.63, 3.8) is 0 Å². The summed E-state index contributed by atoms with van der Waals surface area (Å²) >= 11 is 0. The Morgan fingerprint density at radius 2 is 2.00 bits per heavy atom. The first-order valence-electron chi connectivity index (χ1n) is 6.54. The van der Waals surface area contributed by atoms with Gasteiger partial charge in [-0.3, -0.25) is 0 Å². The van der Waals surface area contributed by atoms with Gasteiger partial charge < -0.3 is 15.0 Å². The van der Waals surface area contributed by atoms with Gasteiger partial charge in [0, 0.05) is 45.1 Å². The van der Waals surface area contributed by atoms with Crippen LogP contribution in [0.3, 0.4) is 0 Å². The number of nitrogens with zero attached hydrogens (tertiary/aromatic N) is 3. The van der Waals surface area contributed by atoms with Crippen LogP contribution in [0.2, 0.25) is 0 Å². The molecule has 18 heavy (non-hydrogen) atoms. The molecular formula is C13H24N4O. The van der Waals surface area contributed by atoms with E-state index in [0.717, 1.165) is 44.2 Å². The molecular weight excluding hydrogens is 228 g/mol. The summed E-state index contributed by atoms with van der Waals surface area (Å²) in [6.07, 6.45) is 0.953. The number of aromatic nitrogens is 2. The van der Waals surface area contributed by atoms with Gasteiger partial charge in [0.15, 0.2) is 0 Å². The number of hydrogen-bond acceptors (Lipinski definition) is 5. The number of aryl methyl sites for hydroxylation is 1. The van der Waals surface area contributed by atoms with Gasteiger partial charge in [0.2, 0.25) is 5.95 Å².